The zero-order valence-electron chi connectivity index (χ0n) is 6.45. The maximum Gasteiger partial charge on any atom is 0.439 e. The van der Waals surface area contributed by atoms with Crippen molar-refractivity contribution in [2.75, 3.05) is 0 Å². The molecular formula is C8H5BrN2O2. The first-order valence-electron chi connectivity index (χ1n) is 3.58. The number of nitrogens with one attached hydrogen (secondary N) is 1. The highest BCUT2D eigenvalue weighted by atomic mass is 79.9. The average Bonchev–Trinajstić information content (AvgIpc) is 2.53. The van der Waals surface area contributed by atoms with E-state index in [0.717, 1.165) is 10.0 Å². The van der Waals surface area contributed by atoms with Gasteiger partial charge in [-0.2, -0.15) is 0 Å². The van der Waals surface area contributed by atoms with Gasteiger partial charge in [0, 0.05) is 10.0 Å². The number of halogens is 1. The molecular weight excluding hydrogens is 236 g/mol. The molecule has 13 heavy (non-hydrogen) atoms. The number of rotatable bonds is 1. The summed E-state index contributed by atoms with van der Waals surface area (Å²) in [7, 11) is 0. The van der Waals surface area contributed by atoms with Crippen molar-refractivity contribution in [2.45, 2.75) is 0 Å². The standard InChI is InChI=1S/C8H5BrN2O2/c9-6-4-2-1-3-5(6)7-10-8(12)13-11-7/h1-4H,(H,10,11,12). The Morgan fingerprint density at radius 2 is 2.15 bits per heavy atom. The van der Waals surface area contributed by atoms with E-state index in [-0.39, 0.29) is 0 Å². The first-order valence-corrected chi connectivity index (χ1v) is 4.37. The summed E-state index contributed by atoms with van der Waals surface area (Å²) in [5.41, 5.74) is 0.799. The van der Waals surface area contributed by atoms with Crippen molar-refractivity contribution in [3.05, 3.63) is 39.3 Å². The van der Waals surface area contributed by atoms with Crippen LogP contribution in [0, 0.1) is 0 Å². The van der Waals surface area contributed by atoms with E-state index in [4.69, 9.17) is 0 Å². The van der Waals surface area contributed by atoms with E-state index in [1.807, 2.05) is 24.3 Å². The second-order valence-electron chi connectivity index (χ2n) is 2.42. The Balaban J connectivity index is 2.58. The second kappa shape index (κ2) is 3.18. The number of aromatic nitrogens is 2. The zero-order valence-corrected chi connectivity index (χ0v) is 8.04. The summed E-state index contributed by atoms with van der Waals surface area (Å²) in [5.74, 6) is -0.122. The van der Waals surface area contributed by atoms with Crippen LogP contribution in [0.2, 0.25) is 0 Å². The lowest BCUT2D eigenvalue weighted by molar-refractivity contribution is 0.388. The molecule has 5 heteroatoms. The van der Waals surface area contributed by atoms with Crippen molar-refractivity contribution in [3.63, 3.8) is 0 Å². The Morgan fingerprint density at radius 3 is 2.77 bits per heavy atom. The topological polar surface area (TPSA) is 58.9 Å². The van der Waals surface area contributed by atoms with Gasteiger partial charge in [-0.25, -0.2) is 4.79 Å². The normalized spacial score (nSPS) is 10.2. The van der Waals surface area contributed by atoms with Gasteiger partial charge in [0.25, 0.3) is 0 Å². The molecule has 0 spiro atoms. The zero-order chi connectivity index (χ0) is 9.26. The Kier molecular flexibility index (Phi) is 2.02. The van der Waals surface area contributed by atoms with Crippen molar-refractivity contribution < 1.29 is 4.52 Å². The minimum atomic E-state index is -0.550. The van der Waals surface area contributed by atoms with Gasteiger partial charge in [0.1, 0.15) is 0 Å². The molecule has 0 aliphatic carbocycles. The van der Waals surface area contributed by atoms with Crippen LogP contribution >= 0.6 is 15.9 Å². The predicted molar refractivity (Wildman–Crippen MR) is 50.3 cm³/mol. The van der Waals surface area contributed by atoms with Gasteiger partial charge in [0.05, 0.1) is 0 Å². The molecule has 0 radical (unpaired) electrons. The molecule has 0 amide bonds. The minimum absolute atomic E-state index is 0.428. The van der Waals surface area contributed by atoms with Crippen molar-refractivity contribution >= 4 is 15.9 Å². The molecule has 0 bridgehead atoms. The highest BCUT2D eigenvalue weighted by Gasteiger charge is 2.06. The molecule has 0 unspecified atom stereocenters. The Labute approximate surface area is 81.7 Å². The molecule has 4 nitrogen and oxygen atoms in total. The lowest BCUT2D eigenvalue weighted by atomic mass is 10.2. The Hall–Kier alpha value is -1.36. The number of benzene rings is 1. The van der Waals surface area contributed by atoms with Crippen LogP contribution < -0.4 is 5.76 Å². The van der Waals surface area contributed by atoms with Crippen molar-refractivity contribution in [2.24, 2.45) is 0 Å². The molecule has 2 rings (SSSR count). The van der Waals surface area contributed by atoms with Crippen molar-refractivity contribution in [1.29, 1.82) is 0 Å². The first-order chi connectivity index (χ1) is 6.27. The molecule has 0 aliphatic heterocycles. The lowest BCUT2D eigenvalue weighted by Gasteiger charge is -1.96. The smallest absolute Gasteiger partial charge is 0.296 e. The highest BCUT2D eigenvalue weighted by Crippen LogP contribution is 2.23. The fourth-order valence-electron chi connectivity index (χ4n) is 0.999. The summed E-state index contributed by atoms with van der Waals surface area (Å²) in [6.07, 6.45) is 0. The van der Waals surface area contributed by atoms with E-state index in [2.05, 4.69) is 30.6 Å². The van der Waals surface area contributed by atoms with Gasteiger partial charge in [-0.1, -0.05) is 33.2 Å². The molecule has 1 heterocycles. The summed E-state index contributed by atoms with van der Waals surface area (Å²) in [6.45, 7) is 0. The van der Waals surface area contributed by atoms with Crippen LogP contribution in [0.15, 0.2) is 38.1 Å². The van der Waals surface area contributed by atoms with E-state index < -0.39 is 5.76 Å². The summed E-state index contributed by atoms with van der Waals surface area (Å²) >= 11 is 3.34. The number of H-pyrrole nitrogens is 1. The fraction of sp³-hybridized carbons (Fsp3) is 0. The van der Waals surface area contributed by atoms with E-state index >= 15 is 0 Å². The number of nitrogens with zero attached hydrogens (tertiary/aromatic N) is 1. The van der Waals surface area contributed by atoms with Crippen LogP contribution in [0.1, 0.15) is 0 Å². The monoisotopic (exact) mass is 240 g/mol. The Bertz CT molecular complexity index is 475. The molecule has 0 saturated carbocycles. The third-order valence-corrected chi connectivity index (χ3v) is 2.26. The summed E-state index contributed by atoms with van der Waals surface area (Å²) in [5, 5.41) is 3.57. The molecule has 1 aromatic heterocycles. The van der Waals surface area contributed by atoms with Crippen LogP contribution in [0.3, 0.4) is 0 Å². The highest BCUT2D eigenvalue weighted by molar-refractivity contribution is 9.10. The Morgan fingerprint density at radius 1 is 1.38 bits per heavy atom. The van der Waals surface area contributed by atoms with Gasteiger partial charge in [-0.05, 0) is 12.1 Å². The van der Waals surface area contributed by atoms with Crippen LogP contribution in [0.4, 0.5) is 0 Å². The molecule has 1 N–H and O–H groups in total. The molecule has 0 fully saturated rings. The molecule has 0 saturated heterocycles. The van der Waals surface area contributed by atoms with Crippen molar-refractivity contribution in [1.82, 2.24) is 10.1 Å². The van der Waals surface area contributed by atoms with Crippen LogP contribution in [-0.4, -0.2) is 10.1 Å². The summed E-state index contributed by atoms with van der Waals surface area (Å²) in [6, 6.07) is 7.43. The van der Waals surface area contributed by atoms with Gasteiger partial charge in [0.15, 0.2) is 5.82 Å². The molecule has 1 aromatic carbocycles. The van der Waals surface area contributed by atoms with Gasteiger partial charge in [0.2, 0.25) is 0 Å². The summed E-state index contributed by atoms with van der Waals surface area (Å²) < 4.78 is 5.25. The molecule has 66 valence electrons. The number of aromatic amines is 1. The maximum absolute atomic E-state index is 10.7. The maximum atomic E-state index is 10.7. The number of hydrogen-bond donors (Lipinski definition) is 1. The predicted octanol–water partition coefficient (Wildman–Crippen LogP) is 1.79. The van der Waals surface area contributed by atoms with Gasteiger partial charge < -0.3 is 0 Å². The fourth-order valence-corrected chi connectivity index (χ4v) is 1.47. The van der Waals surface area contributed by atoms with Crippen LogP contribution in [0.5, 0.6) is 0 Å². The second-order valence-corrected chi connectivity index (χ2v) is 3.28. The quantitative estimate of drug-likeness (QED) is 0.827. The van der Waals surface area contributed by atoms with Crippen molar-refractivity contribution in [3.8, 4) is 11.4 Å². The van der Waals surface area contributed by atoms with Gasteiger partial charge in [-0.15, -0.1) is 0 Å². The van der Waals surface area contributed by atoms with Crippen LogP contribution in [0.25, 0.3) is 11.4 Å². The molecule has 0 atom stereocenters. The molecule has 0 aliphatic rings. The van der Waals surface area contributed by atoms with Gasteiger partial charge in [-0.3, -0.25) is 9.51 Å². The summed E-state index contributed by atoms with van der Waals surface area (Å²) in [4.78, 5) is 13.1. The van der Waals surface area contributed by atoms with E-state index in [1.165, 1.54) is 0 Å². The van der Waals surface area contributed by atoms with E-state index in [1.54, 1.807) is 0 Å². The number of hydrogen-bond acceptors (Lipinski definition) is 3. The average molecular weight is 241 g/mol. The minimum Gasteiger partial charge on any atom is -0.296 e. The van der Waals surface area contributed by atoms with E-state index in [0.29, 0.717) is 5.82 Å². The largest absolute Gasteiger partial charge is 0.439 e. The third-order valence-electron chi connectivity index (χ3n) is 1.57. The first kappa shape index (κ1) is 8.25. The molecule has 2 aromatic rings. The SMILES string of the molecule is O=c1[nH]c(-c2ccccc2Br)no1. The van der Waals surface area contributed by atoms with Crippen LogP contribution in [-0.2, 0) is 0 Å². The lowest BCUT2D eigenvalue weighted by Crippen LogP contribution is -1.94. The van der Waals surface area contributed by atoms with E-state index in [9.17, 15) is 4.79 Å². The van der Waals surface area contributed by atoms with Gasteiger partial charge >= 0.3 is 5.76 Å². The third kappa shape index (κ3) is 1.55.